The van der Waals surface area contributed by atoms with E-state index in [0.717, 1.165) is 5.92 Å². The van der Waals surface area contributed by atoms with Crippen LogP contribution in [0, 0.1) is 12.3 Å². The quantitative estimate of drug-likeness (QED) is 0.653. The molecule has 0 radical (unpaired) electrons. The smallest absolute Gasteiger partial charge is 0.0349 e. The highest BCUT2D eigenvalue weighted by atomic mass is 14.6. The van der Waals surface area contributed by atoms with Gasteiger partial charge in [-0.3, -0.25) is 4.98 Å². The minimum absolute atomic E-state index is 0.429. The molecule has 2 aliphatic rings. The van der Waals surface area contributed by atoms with Crippen molar-refractivity contribution in [1.29, 1.82) is 0 Å². The number of fused-ring (bicyclic) bond motifs is 5. The van der Waals surface area contributed by atoms with Crippen LogP contribution >= 0.6 is 0 Å². The molecular weight excluding hydrogens is 206 g/mol. The highest BCUT2D eigenvalue weighted by Crippen LogP contribution is 2.64. The van der Waals surface area contributed by atoms with E-state index in [0.29, 0.717) is 5.41 Å². The van der Waals surface area contributed by atoms with E-state index in [1.807, 2.05) is 12.4 Å². The molecule has 1 heterocycles. The van der Waals surface area contributed by atoms with E-state index in [1.165, 1.54) is 28.3 Å². The van der Waals surface area contributed by atoms with Crippen LogP contribution in [0.25, 0.3) is 16.8 Å². The van der Waals surface area contributed by atoms with Crippen LogP contribution < -0.4 is 0 Å². The minimum Gasteiger partial charge on any atom is -0.264 e. The van der Waals surface area contributed by atoms with Gasteiger partial charge in [-0.25, -0.2) is 0 Å². The van der Waals surface area contributed by atoms with Gasteiger partial charge in [0.15, 0.2) is 0 Å². The van der Waals surface area contributed by atoms with Crippen molar-refractivity contribution in [2.24, 2.45) is 5.41 Å². The number of hydrogen-bond donors (Lipinski definition) is 0. The number of nitrogens with zero attached hydrogens (tertiary/aromatic N) is 1. The molecule has 1 heteroatoms. The van der Waals surface area contributed by atoms with Crippen LogP contribution in [0.4, 0.5) is 0 Å². The van der Waals surface area contributed by atoms with Crippen LogP contribution in [0.3, 0.4) is 0 Å². The Balaban J connectivity index is 2.14. The summed E-state index contributed by atoms with van der Waals surface area (Å²) in [6.07, 6.45) is 9.93. The lowest BCUT2D eigenvalue weighted by atomic mass is 9.86. The first-order valence-corrected chi connectivity index (χ1v) is 6.25. The molecule has 1 aromatic carbocycles. The van der Waals surface area contributed by atoms with E-state index in [1.54, 1.807) is 5.56 Å². The molecule has 0 saturated heterocycles. The minimum atomic E-state index is 0.429. The molecule has 0 amide bonds. The van der Waals surface area contributed by atoms with Crippen LogP contribution in [0.1, 0.15) is 36.0 Å². The van der Waals surface area contributed by atoms with Gasteiger partial charge in [-0.05, 0) is 52.8 Å². The summed E-state index contributed by atoms with van der Waals surface area (Å²) in [6.45, 7) is 4.54. The number of rotatable bonds is 0. The maximum absolute atomic E-state index is 4.26. The molecule has 1 saturated carbocycles. The molecule has 1 nitrogen and oxygen atoms in total. The van der Waals surface area contributed by atoms with Gasteiger partial charge in [-0.1, -0.05) is 25.1 Å². The van der Waals surface area contributed by atoms with Crippen molar-refractivity contribution in [1.82, 2.24) is 4.98 Å². The molecule has 0 N–H and O–H groups in total. The maximum Gasteiger partial charge on any atom is 0.0349 e. The third kappa shape index (κ3) is 1.12. The lowest BCUT2D eigenvalue weighted by Crippen LogP contribution is -2.02. The Hall–Kier alpha value is -1.63. The van der Waals surface area contributed by atoms with Crippen LogP contribution in [0.5, 0.6) is 0 Å². The molecule has 4 rings (SSSR count). The fourth-order valence-corrected chi connectivity index (χ4v) is 3.29. The van der Waals surface area contributed by atoms with Gasteiger partial charge in [0.25, 0.3) is 0 Å². The number of aromatic nitrogens is 1. The normalized spacial score (nSPS) is 28.9. The van der Waals surface area contributed by atoms with Crippen LogP contribution in [0.15, 0.2) is 30.6 Å². The first-order chi connectivity index (χ1) is 8.19. The molecule has 2 aromatic rings. The molecule has 84 valence electrons. The zero-order chi connectivity index (χ0) is 11.6. The molecule has 0 aliphatic heterocycles. The van der Waals surface area contributed by atoms with Crippen molar-refractivity contribution in [3.8, 4) is 0 Å². The van der Waals surface area contributed by atoms with Gasteiger partial charge >= 0.3 is 0 Å². The standard InChI is InChI=1S/C16H15N/c1-10-7-11-3-5-16(2)8-14(16)15(11)12-4-6-17-9-13(10)12/h3-7,9,14H,8H2,1-2H3. The Bertz CT molecular complexity index is 669. The van der Waals surface area contributed by atoms with Crippen molar-refractivity contribution in [3.63, 3.8) is 0 Å². The SMILES string of the molecule is Cc1cc2c(c3ccncc13)C1CC1(C)C=C2. The first-order valence-electron chi connectivity index (χ1n) is 6.25. The number of hydrogen-bond acceptors (Lipinski definition) is 1. The summed E-state index contributed by atoms with van der Waals surface area (Å²) in [7, 11) is 0. The largest absolute Gasteiger partial charge is 0.264 e. The molecule has 0 bridgehead atoms. The molecular formula is C16H15N. The average molecular weight is 221 g/mol. The summed E-state index contributed by atoms with van der Waals surface area (Å²) in [5.74, 6) is 0.730. The third-order valence-corrected chi connectivity index (χ3v) is 4.49. The van der Waals surface area contributed by atoms with Crippen molar-refractivity contribution >= 4 is 16.8 Å². The lowest BCUT2D eigenvalue weighted by Gasteiger charge is -2.18. The Morgan fingerprint density at radius 2 is 2.24 bits per heavy atom. The van der Waals surface area contributed by atoms with E-state index in [-0.39, 0.29) is 0 Å². The van der Waals surface area contributed by atoms with Crippen molar-refractivity contribution in [2.75, 3.05) is 0 Å². The van der Waals surface area contributed by atoms with Gasteiger partial charge in [-0.15, -0.1) is 0 Å². The predicted molar refractivity (Wildman–Crippen MR) is 71.0 cm³/mol. The molecule has 17 heavy (non-hydrogen) atoms. The van der Waals surface area contributed by atoms with Crippen LogP contribution in [0.2, 0.25) is 0 Å². The molecule has 2 unspecified atom stereocenters. The van der Waals surface area contributed by atoms with E-state index >= 15 is 0 Å². The summed E-state index contributed by atoms with van der Waals surface area (Å²) < 4.78 is 0. The van der Waals surface area contributed by atoms with Gasteiger partial charge in [-0.2, -0.15) is 0 Å². The van der Waals surface area contributed by atoms with Crippen molar-refractivity contribution in [3.05, 3.63) is 47.3 Å². The molecule has 2 aliphatic carbocycles. The van der Waals surface area contributed by atoms with Crippen molar-refractivity contribution < 1.29 is 0 Å². The Kier molecular flexibility index (Phi) is 1.54. The van der Waals surface area contributed by atoms with Gasteiger partial charge < -0.3 is 0 Å². The highest BCUT2D eigenvalue weighted by molar-refractivity contribution is 5.92. The van der Waals surface area contributed by atoms with Gasteiger partial charge in [0.05, 0.1) is 0 Å². The van der Waals surface area contributed by atoms with E-state index in [4.69, 9.17) is 0 Å². The molecule has 2 atom stereocenters. The second-order valence-electron chi connectivity index (χ2n) is 5.71. The average Bonchev–Trinajstić information content (AvgIpc) is 3.01. The second kappa shape index (κ2) is 2.79. The molecule has 0 spiro atoms. The summed E-state index contributed by atoms with van der Waals surface area (Å²) >= 11 is 0. The number of aryl methyl sites for hydroxylation is 1. The second-order valence-corrected chi connectivity index (χ2v) is 5.71. The van der Waals surface area contributed by atoms with E-state index < -0.39 is 0 Å². The first kappa shape index (κ1) is 9.41. The number of allylic oxidation sites excluding steroid dienone is 1. The fourth-order valence-electron chi connectivity index (χ4n) is 3.29. The number of pyridine rings is 1. The molecule has 1 aromatic heterocycles. The Morgan fingerprint density at radius 1 is 1.35 bits per heavy atom. The van der Waals surface area contributed by atoms with E-state index in [9.17, 15) is 0 Å². The van der Waals surface area contributed by atoms with Crippen LogP contribution in [-0.4, -0.2) is 4.98 Å². The Labute approximate surface area is 101 Å². The van der Waals surface area contributed by atoms with Crippen LogP contribution in [-0.2, 0) is 0 Å². The van der Waals surface area contributed by atoms with Gasteiger partial charge in [0.1, 0.15) is 0 Å². The lowest BCUT2D eigenvalue weighted by molar-refractivity contribution is 0.708. The fraction of sp³-hybridized carbons (Fsp3) is 0.312. The van der Waals surface area contributed by atoms with Gasteiger partial charge in [0.2, 0.25) is 0 Å². The summed E-state index contributed by atoms with van der Waals surface area (Å²) in [6, 6.07) is 4.49. The highest BCUT2D eigenvalue weighted by Gasteiger charge is 2.51. The number of benzene rings is 1. The summed E-state index contributed by atoms with van der Waals surface area (Å²) in [4.78, 5) is 4.26. The molecule has 1 fully saturated rings. The predicted octanol–water partition coefficient (Wildman–Crippen LogP) is 4.06. The van der Waals surface area contributed by atoms with Gasteiger partial charge in [0, 0.05) is 17.8 Å². The monoisotopic (exact) mass is 221 g/mol. The zero-order valence-electron chi connectivity index (χ0n) is 10.2. The topological polar surface area (TPSA) is 12.9 Å². The van der Waals surface area contributed by atoms with E-state index in [2.05, 4.69) is 43.1 Å². The third-order valence-electron chi connectivity index (χ3n) is 4.49. The Morgan fingerprint density at radius 3 is 3.12 bits per heavy atom. The zero-order valence-corrected chi connectivity index (χ0v) is 10.2. The summed E-state index contributed by atoms with van der Waals surface area (Å²) in [5.41, 5.74) is 4.73. The maximum atomic E-state index is 4.26. The summed E-state index contributed by atoms with van der Waals surface area (Å²) in [5, 5.41) is 2.73. The van der Waals surface area contributed by atoms with Crippen molar-refractivity contribution in [2.45, 2.75) is 26.2 Å².